The van der Waals surface area contributed by atoms with E-state index in [-0.39, 0.29) is 23.0 Å². The van der Waals surface area contributed by atoms with Crippen LogP contribution < -0.4 is 5.32 Å². The molecule has 1 aromatic carbocycles. The highest BCUT2D eigenvalue weighted by Crippen LogP contribution is 2.25. The molecule has 0 unspecified atom stereocenters. The molecule has 2 aromatic heterocycles. The minimum atomic E-state index is -0.352. The number of carbonyl (C=O) groups excluding carboxylic acids is 1. The number of nitrogens with one attached hydrogen (secondary N) is 2. The van der Waals surface area contributed by atoms with Gasteiger partial charge in [0.15, 0.2) is 5.82 Å². The number of aromatic nitrogens is 3. The smallest absolute Gasteiger partial charge is 0.233 e. The van der Waals surface area contributed by atoms with Gasteiger partial charge in [-0.2, -0.15) is 0 Å². The number of thioether (sulfide) groups is 1. The Morgan fingerprint density at radius 3 is 2.72 bits per heavy atom. The fraction of sp³-hybridized carbons (Fsp3) is 0.235. The van der Waals surface area contributed by atoms with E-state index < -0.39 is 0 Å². The van der Waals surface area contributed by atoms with Gasteiger partial charge in [-0.05, 0) is 43.0 Å². The number of H-pyrrole nitrogens is 1. The molecule has 5 nitrogen and oxygen atoms in total. The van der Waals surface area contributed by atoms with Crippen LogP contribution in [0.1, 0.15) is 25.5 Å². The summed E-state index contributed by atoms with van der Waals surface area (Å²) in [5, 5.41) is 12.1. The summed E-state index contributed by atoms with van der Waals surface area (Å²) in [5.41, 5.74) is 0.852. The van der Waals surface area contributed by atoms with E-state index in [1.165, 1.54) is 23.9 Å². The fourth-order valence-electron chi connectivity index (χ4n) is 2.20. The van der Waals surface area contributed by atoms with Crippen LogP contribution in [-0.2, 0) is 4.79 Å². The van der Waals surface area contributed by atoms with Gasteiger partial charge >= 0.3 is 0 Å². The lowest BCUT2D eigenvalue weighted by atomic mass is 10.1. The van der Waals surface area contributed by atoms with Crippen molar-refractivity contribution in [2.24, 2.45) is 0 Å². The highest BCUT2D eigenvalue weighted by molar-refractivity contribution is 8.00. The molecular formula is C17H17FN4OS2. The lowest BCUT2D eigenvalue weighted by Crippen LogP contribution is -2.33. The molecule has 130 valence electrons. The van der Waals surface area contributed by atoms with Gasteiger partial charge in [-0.25, -0.2) is 9.37 Å². The number of thiophene rings is 1. The molecule has 0 radical (unpaired) electrons. The number of amides is 1. The van der Waals surface area contributed by atoms with E-state index in [9.17, 15) is 9.18 Å². The summed E-state index contributed by atoms with van der Waals surface area (Å²) in [5.74, 6) is 0.284. The minimum Gasteiger partial charge on any atom is -0.349 e. The van der Waals surface area contributed by atoms with Crippen LogP contribution in [0.2, 0.25) is 0 Å². The first-order chi connectivity index (χ1) is 12.0. The molecule has 2 heterocycles. The maximum atomic E-state index is 13.0. The summed E-state index contributed by atoms with van der Waals surface area (Å²) in [6, 6.07) is 9.81. The van der Waals surface area contributed by atoms with Crippen molar-refractivity contribution in [3.8, 4) is 10.7 Å². The Morgan fingerprint density at radius 1 is 1.28 bits per heavy atom. The quantitative estimate of drug-likeness (QED) is 0.637. The molecule has 0 saturated heterocycles. The molecule has 0 spiro atoms. The van der Waals surface area contributed by atoms with Gasteiger partial charge in [0.1, 0.15) is 5.82 Å². The number of halogens is 1. The predicted molar refractivity (Wildman–Crippen MR) is 98.0 cm³/mol. The number of benzene rings is 1. The second kappa shape index (κ2) is 7.79. The Morgan fingerprint density at radius 2 is 2.04 bits per heavy atom. The number of nitrogens with zero attached hydrogens (tertiary/aromatic N) is 2. The number of hydrogen-bond donors (Lipinski definition) is 2. The zero-order valence-electron chi connectivity index (χ0n) is 13.7. The summed E-state index contributed by atoms with van der Waals surface area (Å²) >= 11 is 2.86. The molecular weight excluding hydrogens is 359 g/mol. The van der Waals surface area contributed by atoms with Gasteiger partial charge < -0.3 is 5.32 Å². The van der Waals surface area contributed by atoms with E-state index in [4.69, 9.17) is 0 Å². The zero-order chi connectivity index (χ0) is 17.8. The maximum absolute atomic E-state index is 13.0. The normalized spacial score (nSPS) is 13.4. The van der Waals surface area contributed by atoms with Crippen molar-refractivity contribution in [3.63, 3.8) is 0 Å². The molecule has 0 fully saturated rings. The van der Waals surface area contributed by atoms with Crippen LogP contribution >= 0.6 is 23.1 Å². The summed E-state index contributed by atoms with van der Waals surface area (Å²) in [7, 11) is 0. The number of rotatable bonds is 6. The SMILES string of the molecule is C[C@H](NC(=O)[C@@H](C)Sc1n[nH]c(-c2cccs2)n1)c1ccc(F)cc1. The molecule has 1 amide bonds. The Balaban J connectivity index is 1.58. The van der Waals surface area contributed by atoms with Crippen molar-refractivity contribution in [2.75, 3.05) is 0 Å². The summed E-state index contributed by atoms with van der Waals surface area (Å²) in [4.78, 5) is 17.8. The van der Waals surface area contributed by atoms with Crippen LogP contribution in [-0.4, -0.2) is 26.3 Å². The summed E-state index contributed by atoms with van der Waals surface area (Å²) in [6.45, 7) is 3.67. The number of aromatic amines is 1. The van der Waals surface area contributed by atoms with Crippen LogP contribution in [0.5, 0.6) is 0 Å². The highest BCUT2D eigenvalue weighted by atomic mass is 32.2. The summed E-state index contributed by atoms with van der Waals surface area (Å²) in [6.07, 6.45) is 0. The molecule has 8 heteroatoms. The second-order valence-electron chi connectivity index (χ2n) is 5.49. The first-order valence-electron chi connectivity index (χ1n) is 7.71. The molecule has 2 atom stereocenters. The van der Waals surface area contributed by atoms with Crippen molar-refractivity contribution < 1.29 is 9.18 Å². The monoisotopic (exact) mass is 376 g/mol. The Kier molecular flexibility index (Phi) is 5.50. The molecule has 0 aliphatic carbocycles. The lowest BCUT2D eigenvalue weighted by molar-refractivity contribution is -0.120. The first-order valence-corrected chi connectivity index (χ1v) is 9.47. The fourth-order valence-corrected chi connectivity index (χ4v) is 3.60. The van der Waals surface area contributed by atoms with Gasteiger partial charge in [-0.15, -0.1) is 16.4 Å². The largest absolute Gasteiger partial charge is 0.349 e. The number of hydrogen-bond acceptors (Lipinski definition) is 5. The van der Waals surface area contributed by atoms with Crippen LogP contribution in [0.3, 0.4) is 0 Å². The van der Waals surface area contributed by atoms with Gasteiger partial charge in [0, 0.05) is 0 Å². The molecule has 0 saturated carbocycles. The van der Waals surface area contributed by atoms with Crippen LogP contribution in [0.15, 0.2) is 46.9 Å². The van der Waals surface area contributed by atoms with Gasteiger partial charge in [-0.3, -0.25) is 9.89 Å². The van der Waals surface area contributed by atoms with E-state index in [1.54, 1.807) is 30.4 Å². The van der Waals surface area contributed by atoms with Crippen molar-refractivity contribution in [2.45, 2.75) is 30.3 Å². The third-order valence-corrected chi connectivity index (χ3v) is 5.44. The standard InChI is InChI=1S/C17H17FN4OS2/c1-10(12-5-7-13(18)8-6-12)19-16(23)11(2)25-17-20-15(21-22-17)14-4-3-9-24-14/h3-11H,1-2H3,(H,19,23)(H,20,21,22)/t10-,11+/m0/s1. The molecule has 3 rings (SSSR count). The predicted octanol–water partition coefficient (Wildman–Crippen LogP) is 4.03. The van der Waals surface area contributed by atoms with Crippen LogP contribution in [0, 0.1) is 5.82 Å². The van der Waals surface area contributed by atoms with E-state index in [2.05, 4.69) is 20.5 Å². The van der Waals surface area contributed by atoms with Crippen molar-refractivity contribution in [1.82, 2.24) is 20.5 Å². The van der Waals surface area contributed by atoms with Gasteiger partial charge in [0.25, 0.3) is 0 Å². The second-order valence-corrected chi connectivity index (χ2v) is 7.74. The third-order valence-electron chi connectivity index (χ3n) is 3.60. The topological polar surface area (TPSA) is 70.7 Å². The molecule has 25 heavy (non-hydrogen) atoms. The maximum Gasteiger partial charge on any atom is 0.233 e. The summed E-state index contributed by atoms with van der Waals surface area (Å²) < 4.78 is 13.0. The van der Waals surface area contributed by atoms with E-state index in [1.807, 2.05) is 24.4 Å². The van der Waals surface area contributed by atoms with Crippen LogP contribution in [0.4, 0.5) is 4.39 Å². The van der Waals surface area contributed by atoms with Crippen molar-refractivity contribution >= 4 is 29.0 Å². The van der Waals surface area contributed by atoms with Gasteiger partial charge in [0.05, 0.1) is 16.2 Å². The Labute approximate surface area is 153 Å². The average Bonchev–Trinajstić information content (AvgIpc) is 3.26. The van der Waals surface area contributed by atoms with Gasteiger partial charge in [-0.1, -0.05) is 30.0 Å². The Bertz CT molecular complexity index is 833. The van der Waals surface area contributed by atoms with Crippen molar-refractivity contribution in [1.29, 1.82) is 0 Å². The lowest BCUT2D eigenvalue weighted by Gasteiger charge is -2.17. The third kappa shape index (κ3) is 4.46. The zero-order valence-corrected chi connectivity index (χ0v) is 15.3. The molecule has 0 aliphatic rings. The van der Waals surface area contributed by atoms with Crippen LogP contribution in [0.25, 0.3) is 10.7 Å². The average molecular weight is 376 g/mol. The van der Waals surface area contributed by atoms with E-state index in [0.717, 1.165) is 10.4 Å². The first kappa shape index (κ1) is 17.6. The molecule has 0 bridgehead atoms. The van der Waals surface area contributed by atoms with Gasteiger partial charge in [0.2, 0.25) is 11.1 Å². The van der Waals surface area contributed by atoms with Crippen molar-refractivity contribution in [3.05, 3.63) is 53.2 Å². The van der Waals surface area contributed by atoms with E-state index in [0.29, 0.717) is 11.0 Å². The molecule has 2 N–H and O–H groups in total. The minimum absolute atomic E-state index is 0.121. The highest BCUT2D eigenvalue weighted by Gasteiger charge is 2.19. The van der Waals surface area contributed by atoms with E-state index >= 15 is 0 Å². The molecule has 0 aliphatic heterocycles. The molecule has 3 aromatic rings. The number of carbonyl (C=O) groups is 1. The Hall–Kier alpha value is -2.19.